The van der Waals surface area contributed by atoms with Crippen molar-refractivity contribution in [1.29, 1.82) is 0 Å². The van der Waals surface area contributed by atoms with Crippen LogP contribution in [-0.4, -0.2) is 19.1 Å². The largest absolute Gasteiger partial charge is 0.307 e. The van der Waals surface area contributed by atoms with E-state index in [9.17, 15) is 0 Å². The average Bonchev–Trinajstić information content (AvgIpc) is 3.63. The topological polar surface area (TPSA) is 35.6 Å². The first-order chi connectivity index (χ1) is 22.3. The lowest BCUT2D eigenvalue weighted by atomic mass is 10.0. The maximum atomic E-state index is 5.31. The van der Waals surface area contributed by atoms with Gasteiger partial charge in [-0.05, 0) is 48.9 Å². The molecule has 9 rings (SSSR count). The van der Waals surface area contributed by atoms with Gasteiger partial charge < -0.3 is 4.57 Å². The molecule has 9 aromatic rings. The van der Waals surface area contributed by atoms with E-state index in [0.29, 0.717) is 5.95 Å². The molecule has 0 bridgehead atoms. The molecule has 0 spiro atoms. The molecule has 0 saturated carbocycles. The molecule has 0 N–H and O–H groups in total. The Bertz CT molecular complexity index is 2470. The van der Waals surface area contributed by atoms with Gasteiger partial charge in [-0.25, -0.2) is 9.97 Å². The van der Waals surface area contributed by atoms with E-state index >= 15 is 0 Å². The lowest BCUT2D eigenvalue weighted by molar-refractivity contribution is 0.995. The number of hydrogen-bond acceptors (Lipinski definition) is 2. The number of fused-ring (bicyclic) bond motifs is 7. The van der Waals surface area contributed by atoms with Crippen LogP contribution in [0.3, 0.4) is 0 Å². The number of hydrogen-bond donors (Lipinski definition) is 0. The molecule has 0 radical (unpaired) electrons. The van der Waals surface area contributed by atoms with E-state index in [-0.39, 0.29) is 0 Å². The summed E-state index contributed by atoms with van der Waals surface area (Å²) >= 11 is 0. The minimum absolute atomic E-state index is 0.651. The molecule has 3 aromatic heterocycles. The maximum Gasteiger partial charge on any atom is 0.235 e. The van der Waals surface area contributed by atoms with Crippen LogP contribution in [-0.2, 0) is 0 Å². The van der Waals surface area contributed by atoms with Gasteiger partial charge in [-0.1, -0.05) is 115 Å². The molecule has 45 heavy (non-hydrogen) atoms. The standard InChI is InChI=1S/C41H28N4/c1-27-25-33-31-21-11-13-23-36(31)44(30-19-9-4-10-20-30)39(33)40-38(27)32-22-12-14-24-37(32)45(40)41-42-34(28-15-5-2-6-16-28)26-35(43-41)29-17-7-3-8-18-29/h2-26H,1H3. The van der Waals surface area contributed by atoms with Gasteiger partial charge in [0.25, 0.3) is 0 Å². The number of aromatic nitrogens is 4. The summed E-state index contributed by atoms with van der Waals surface area (Å²) in [4.78, 5) is 10.6. The molecule has 0 amide bonds. The Balaban J connectivity index is 1.50. The smallest absolute Gasteiger partial charge is 0.235 e. The zero-order valence-electron chi connectivity index (χ0n) is 24.7. The average molecular weight is 577 g/mol. The molecule has 0 aliphatic carbocycles. The summed E-state index contributed by atoms with van der Waals surface area (Å²) in [6.45, 7) is 2.23. The number of rotatable bonds is 4. The third-order valence-corrected chi connectivity index (χ3v) is 8.84. The molecule has 3 heterocycles. The second-order valence-electron chi connectivity index (χ2n) is 11.5. The molecule has 6 aromatic carbocycles. The number of benzene rings is 6. The van der Waals surface area contributed by atoms with Crippen molar-refractivity contribution >= 4 is 43.6 Å². The van der Waals surface area contributed by atoms with Crippen LogP contribution in [0.4, 0.5) is 0 Å². The Morgan fingerprint density at radius 3 is 1.58 bits per heavy atom. The zero-order chi connectivity index (χ0) is 29.9. The molecule has 0 fully saturated rings. The molecule has 0 aliphatic heterocycles. The van der Waals surface area contributed by atoms with E-state index in [1.807, 2.05) is 12.1 Å². The minimum atomic E-state index is 0.651. The summed E-state index contributed by atoms with van der Waals surface area (Å²) in [5, 5.41) is 4.84. The van der Waals surface area contributed by atoms with E-state index in [0.717, 1.165) is 44.8 Å². The van der Waals surface area contributed by atoms with Crippen LogP contribution < -0.4 is 0 Å². The lowest BCUT2D eigenvalue weighted by Crippen LogP contribution is -2.05. The SMILES string of the molecule is Cc1cc2c3ccccc3n(-c3ccccc3)c2c2c1c1ccccc1n2-c1nc(-c2ccccc2)cc(-c2ccccc2)n1. The molecule has 0 unspecified atom stereocenters. The quantitative estimate of drug-likeness (QED) is 0.209. The highest BCUT2D eigenvalue weighted by atomic mass is 15.2. The predicted octanol–water partition coefficient (Wildman–Crippen LogP) is 10.3. The Morgan fingerprint density at radius 2 is 0.956 bits per heavy atom. The highest BCUT2D eigenvalue weighted by molar-refractivity contribution is 6.24. The van der Waals surface area contributed by atoms with Crippen LogP contribution in [0.25, 0.3) is 77.8 Å². The van der Waals surface area contributed by atoms with Crippen molar-refractivity contribution in [3.05, 3.63) is 157 Å². The van der Waals surface area contributed by atoms with E-state index in [4.69, 9.17) is 9.97 Å². The fourth-order valence-electron chi connectivity index (χ4n) is 6.90. The Morgan fingerprint density at radius 1 is 0.444 bits per heavy atom. The van der Waals surface area contributed by atoms with Crippen molar-refractivity contribution in [3.8, 4) is 34.2 Å². The molecular formula is C41H28N4. The Labute approximate surface area is 260 Å². The molecule has 4 heteroatoms. The number of aryl methyl sites for hydroxylation is 1. The maximum absolute atomic E-state index is 5.31. The third kappa shape index (κ3) is 3.93. The van der Waals surface area contributed by atoms with Gasteiger partial charge in [-0.3, -0.25) is 4.57 Å². The predicted molar refractivity (Wildman–Crippen MR) is 186 cm³/mol. The third-order valence-electron chi connectivity index (χ3n) is 8.84. The van der Waals surface area contributed by atoms with Crippen molar-refractivity contribution in [2.75, 3.05) is 0 Å². The summed E-state index contributed by atoms with van der Waals surface area (Å²) in [6, 6.07) is 53.2. The monoisotopic (exact) mass is 576 g/mol. The summed E-state index contributed by atoms with van der Waals surface area (Å²) < 4.78 is 4.69. The van der Waals surface area contributed by atoms with Gasteiger partial charge in [-0.15, -0.1) is 0 Å². The van der Waals surface area contributed by atoms with Gasteiger partial charge in [0.2, 0.25) is 5.95 Å². The van der Waals surface area contributed by atoms with Crippen LogP contribution >= 0.6 is 0 Å². The first-order valence-electron chi connectivity index (χ1n) is 15.3. The first kappa shape index (κ1) is 25.5. The van der Waals surface area contributed by atoms with E-state index in [2.05, 4.69) is 156 Å². The fourth-order valence-corrected chi connectivity index (χ4v) is 6.90. The summed E-state index contributed by atoms with van der Waals surface area (Å²) in [7, 11) is 0. The lowest BCUT2D eigenvalue weighted by Gasteiger charge is -2.14. The van der Waals surface area contributed by atoms with Gasteiger partial charge in [0.1, 0.15) is 0 Å². The number of para-hydroxylation sites is 3. The second-order valence-corrected chi connectivity index (χ2v) is 11.5. The first-order valence-corrected chi connectivity index (χ1v) is 15.3. The van der Waals surface area contributed by atoms with Crippen molar-refractivity contribution in [1.82, 2.24) is 19.1 Å². The van der Waals surface area contributed by atoms with Crippen LogP contribution in [0.5, 0.6) is 0 Å². The van der Waals surface area contributed by atoms with Gasteiger partial charge in [-0.2, -0.15) is 0 Å². The molecule has 0 atom stereocenters. The van der Waals surface area contributed by atoms with Crippen LogP contribution in [0, 0.1) is 6.92 Å². The number of nitrogens with zero attached hydrogens (tertiary/aromatic N) is 4. The van der Waals surface area contributed by atoms with Crippen molar-refractivity contribution in [3.63, 3.8) is 0 Å². The highest BCUT2D eigenvalue weighted by Crippen LogP contribution is 2.43. The molecular weight excluding hydrogens is 548 g/mol. The summed E-state index contributed by atoms with van der Waals surface area (Å²) in [5.41, 5.74) is 10.7. The molecule has 0 aliphatic rings. The Kier molecular flexibility index (Phi) is 5.69. The van der Waals surface area contributed by atoms with Crippen LogP contribution in [0.1, 0.15) is 5.56 Å². The molecule has 0 saturated heterocycles. The summed E-state index contributed by atoms with van der Waals surface area (Å²) in [6.07, 6.45) is 0. The normalized spacial score (nSPS) is 11.7. The van der Waals surface area contributed by atoms with E-state index in [1.165, 1.54) is 32.6 Å². The van der Waals surface area contributed by atoms with Crippen molar-refractivity contribution in [2.45, 2.75) is 6.92 Å². The second kappa shape index (κ2) is 10.0. The van der Waals surface area contributed by atoms with Gasteiger partial charge in [0.15, 0.2) is 0 Å². The zero-order valence-corrected chi connectivity index (χ0v) is 24.7. The molecule has 4 nitrogen and oxygen atoms in total. The molecule has 212 valence electrons. The van der Waals surface area contributed by atoms with Crippen molar-refractivity contribution < 1.29 is 0 Å². The summed E-state index contributed by atoms with van der Waals surface area (Å²) in [5.74, 6) is 0.651. The van der Waals surface area contributed by atoms with Gasteiger partial charge in [0, 0.05) is 38.4 Å². The fraction of sp³-hybridized carbons (Fsp3) is 0.0244. The Hall–Kier alpha value is -6.00. The van der Waals surface area contributed by atoms with E-state index in [1.54, 1.807) is 0 Å². The van der Waals surface area contributed by atoms with Crippen LogP contribution in [0.15, 0.2) is 152 Å². The minimum Gasteiger partial charge on any atom is -0.307 e. The van der Waals surface area contributed by atoms with Crippen LogP contribution in [0.2, 0.25) is 0 Å². The highest BCUT2D eigenvalue weighted by Gasteiger charge is 2.24. The van der Waals surface area contributed by atoms with Gasteiger partial charge >= 0.3 is 0 Å². The van der Waals surface area contributed by atoms with Gasteiger partial charge in [0.05, 0.1) is 33.5 Å². The van der Waals surface area contributed by atoms with Crippen molar-refractivity contribution in [2.24, 2.45) is 0 Å². The van der Waals surface area contributed by atoms with E-state index < -0.39 is 0 Å².